The number of nitrogens with zero attached hydrogens (tertiary/aromatic N) is 4. The Morgan fingerprint density at radius 2 is 2.00 bits per heavy atom. The van der Waals surface area contributed by atoms with Gasteiger partial charge in [-0.25, -0.2) is 4.98 Å². The average molecular weight is 336 g/mol. The van der Waals surface area contributed by atoms with Crippen molar-refractivity contribution in [2.45, 2.75) is 6.92 Å². The van der Waals surface area contributed by atoms with E-state index in [2.05, 4.69) is 30.9 Å². The molecule has 0 radical (unpaired) electrons. The molecule has 4 rings (SSSR count). The van der Waals surface area contributed by atoms with Crippen molar-refractivity contribution in [1.82, 2.24) is 25.6 Å². The first-order valence-corrected chi connectivity index (χ1v) is 8.03. The maximum Gasteiger partial charge on any atom is 0.255 e. The highest BCUT2D eigenvalue weighted by Gasteiger charge is 2.09. The molecule has 118 valence electrons. The summed E-state index contributed by atoms with van der Waals surface area (Å²) < 4.78 is 1.05. The predicted molar refractivity (Wildman–Crippen MR) is 91.9 cm³/mol. The molecule has 2 N–H and O–H groups in total. The number of nitrogens with one attached hydrogen (secondary N) is 2. The van der Waals surface area contributed by atoms with Crippen molar-refractivity contribution in [3.8, 4) is 11.4 Å². The third kappa shape index (κ3) is 2.74. The number of carbonyl (C=O) groups is 1. The molecule has 0 atom stereocenters. The smallest absolute Gasteiger partial charge is 0.255 e. The molecule has 0 aliphatic rings. The number of hydrogen-bond acceptors (Lipinski definition) is 6. The Labute approximate surface area is 140 Å². The molecule has 2 aromatic heterocycles. The van der Waals surface area contributed by atoms with Crippen molar-refractivity contribution in [3.63, 3.8) is 0 Å². The van der Waals surface area contributed by atoms with Crippen LogP contribution in [0.1, 0.15) is 15.4 Å². The third-order valence-electron chi connectivity index (χ3n) is 3.50. The van der Waals surface area contributed by atoms with E-state index in [1.807, 2.05) is 25.1 Å². The van der Waals surface area contributed by atoms with Crippen molar-refractivity contribution in [1.29, 1.82) is 0 Å². The lowest BCUT2D eigenvalue weighted by Gasteiger charge is -2.05. The van der Waals surface area contributed by atoms with Crippen LogP contribution >= 0.6 is 11.3 Å². The number of fused-ring (bicyclic) bond motifs is 1. The van der Waals surface area contributed by atoms with Crippen molar-refractivity contribution < 1.29 is 4.79 Å². The van der Waals surface area contributed by atoms with Crippen LogP contribution in [0.3, 0.4) is 0 Å². The Bertz CT molecular complexity index is 1010. The Balaban J connectivity index is 1.54. The Morgan fingerprint density at radius 3 is 2.75 bits per heavy atom. The molecule has 8 heteroatoms. The number of aromatic amines is 1. The molecule has 0 unspecified atom stereocenters. The average Bonchev–Trinajstić information content (AvgIpc) is 3.23. The standard InChI is InChI=1S/C16H12N6OS/c1-9-17-13-7-6-12(8-14(13)24-9)18-16(23)11-4-2-10(3-5-11)15-19-21-22-20-15/h2-8H,1H3,(H,18,23)(H,19,20,21,22). The van der Waals surface area contributed by atoms with E-state index in [4.69, 9.17) is 0 Å². The van der Waals surface area contributed by atoms with Crippen LogP contribution in [0.5, 0.6) is 0 Å². The van der Waals surface area contributed by atoms with E-state index in [0.29, 0.717) is 11.4 Å². The van der Waals surface area contributed by atoms with E-state index in [1.165, 1.54) is 0 Å². The molecule has 0 spiro atoms. The van der Waals surface area contributed by atoms with Gasteiger partial charge < -0.3 is 5.32 Å². The van der Waals surface area contributed by atoms with Crippen molar-refractivity contribution in [2.24, 2.45) is 0 Å². The molecular formula is C16H12N6OS. The highest BCUT2D eigenvalue weighted by atomic mass is 32.1. The lowest BCUT2D eigenvalue weighted by Crippen LogP contribution is -2.11. The van der Waals surface area contributed by atoms with Crippen LogP contribution in [0.25, 0.3) is 21.6 Å². The molecular weight excluding hydrogens is 324 g/mol. The number of aryl methyl sites for hydroxylation is 1. The fourth-order valence-corrected chi connectivity index (χ4v) is 3.24. The van der Waals surface area contributed by atoms with Crippen LogP contribution in [0.2, 0.25) is 0 Å². The van der Waals surface area contributed by atoms with E-state index in [-0.39, 0.29) is 5.91 Å². The van der Waals surface area contributed by atoms with Crippen LogP contribution in [-0.4, -0.2) is 31.5 Å². The quantitative estimate of drug-likeness (QED) is 0.599. The first-order valence-electron chi connectivity index (χ1n) is 7.21. The summed E-state index contributed by atoms with van der Waals surface area (Å²) in [5.74, 6) is 0.322. The van der Waals surface area contributed by atoms with Gasteiger partial charge in [0.15, 0.2) is 0 Å². The van der Waals surface area contributed by atoms with E-state index in [0.717, 1.165) is 26.5 Å². The highest BCUT2D eigenvalue weighted by Crippen LogP contribution is 2.25. The number of amides is 1. The lowest BCUT2D eigenvalue weighted by atomic mass is 10.1. The molecule has 2 heterocycles. The number of benzene rings is 2. The summed E-state index contributed by atoms with van der Waals surface area (Å²) >= 11 is 1.60. The highest BCUT2D eigenvalue weighted by molar-refractivity contribution is 7.18. The van der Waals surface area contributed by atoms with Crippen molar-refractivity contribution >= 4 is 33.1 Å². The zero-order valence-corrected chi connectivity index (χ0v) is 13.5. The zero-order chi connectivity index (χ0) is 16.5. The van der Waals surface area contributed by atoms with Gasteiger partial charge in [0.05, 0.1) is 15.2 Å². The van der Waals surface area contributed by atoms with Crippen LogP contribution in [0, 0.1) is 6.92 Å². The summed E-state index contributed by atoms with van der Waals surface area (Å²) in [6.07, 6.45) is 0. The van der Waals surface area contributed by atoms with Crippen LogP contribution in [-0.2, 0) is 0 Å². The van der Waals surface area contributed by atoms with Crippen LogP contribution in [0.15, 0.2) is 42.5 Å². The number of anilines is 1. The minimum absolute atomic E-state index is 0.171. The van der Waals surface area contributed by atoms with Crippen molar-refractivity contribution in [2.75, 3.05) is 5.32 Å². The van der Waals surface area contributed by atoms with E-state index in [1.54, 1.807) is 35.6 Å². The second kappa shape index (κ2) is 5.82. The molecule has 4 aromatic rings. The SMILES string of the molecule is Cc1nc2ccc(NC(=O)c3ccc(-c4nn[nH]n4)cc3)cc2s1. The summed E-state index contributed by atoms with van der Waals surface area (Å²) in [6.45, 7) is 1.97. The first-order chi connectivity index (χ1) is 11.7. The second-order valence-electron chi connectivity index (χ2n) is 5.18. The topological polar surface area (TPSA) is 96.5 Å². The monoisotopic (exact) mass is 336 g/mol. The molecule has 7 nitrogen and oxygen atoms in total. The molecule has 0 fully saturated rings. The minimum Gasteiger partial charge on any atom is -0.322 e. The summed E-state index contributed by atoms with van der Waals surface area (Å²) in [4.78, 5) is 16.8. The van der Waals surface area contributed by atoms with Gasteiger partial charge >= 0.3 is 0 Å². The number of hydrogen-bond donors (Lipinski definition) is 2. The fraction of sp³-hybridized carbons (Fsp3) is 0.0625. The molecule has 2 aromatic carbocycles. The number of carbonyl (C=O) groups excluding carboxylic acids is 1. The maximum absolute atomic E-state index is 12.4. The predicted octanol–water partition coefficient (Wildman–Crippen LogP) is 3.04. The second-order valence-corrected chi connectivity index (χ2v) is 6.42. The van der Waals surface area contributed by atoms with Gasteiger partial charge in [0.2, 0.25) is 5.82 Å². The zero-order valence-electron chi connectivity index (χ0n) is 12.6. The van der Waals surface area contributed by atoms with Gasteiger partial charge in [-0.3, -0.25) is 4.79 Å². The lowest BCUT2D eigenvalue weighted by molar-refractivity contribution is 0.102. The van der Waals surface area contributed by atoms with E-state index in [9.17, 15) is 4.79 Å². The normalized spacial score (nSPS) is 10.9. The Hall–Kier alpha value is -3.13. The maximum atomic E-state index is 12.4. The van der Waals surface area contributed by atoms with Gasteiger partial charge in [-0.2, -0.15) is 5.21 Å². The molecule has 0 aliphatic heterocycles. The number of thiazole rings is 1. The van der Waals surface area contributed by atoms with Gasteiger partial charge in [0, 0.05) is 16.8 Å². The van der Waals surface area contributed by atoms with Crippen LogP contribution < -0.4 is 5.32 Å². The number of rotatable bonds is 3. The molecule has 0 saturated carbocycles. The van der Waals surface area contributed by atoms with Gasteiger partial charge in [-0.15, -0.1) is 21.5 Å². The first kappa shape index (κ1) is 14.5. The van der Waals surface area contributed by atoms with E-state index >= 15 is 0 Å². The number of aromatic nitrogens is 5. The van der Waals surface area contributed by atoms with Crippen LogP contribution in [0.4, 0.5) is 5.69 Å². The summed E-state index contributed by atoms with van der Waals surface area (Å²) in [5.41, 5.74) is 3.04. The molecule has 0 bridgehead atoms. The van der Waals surface area contributed by atoms with Gasteiger partial charge in [-0.05, 0) is 42.5 Å². The van der Waals surface area contributed by atoms with Gasteiger partial charge in [-0.1, -0.05) is 12.1 Å². The minimum atomic E-state index is -0.171. The molecule has 24 heavy (non-hydrogen) atoms. The van der Waals surface area contributed by atoms with E-state index < -0.39 is 0 Å². The summed E-state index contributed by atoms with van der Waals surface area (Å²) in [6, 6.07) is 12.7. The molecule has 0 saturated heterocycles. The number of H-pyrrole nitrogens is 1. The Morgan fingerprint density at radius 1 is 1.17 bits per heavy atom. The fourth-order valence-electron chi connectivity index (χ4n) is 2.38. The molecule has 1 amide bonds. The summed E-state index contributed by atoms with van der Waals surface area (Å²) in [7, 11) is 0. The molecule has 0 aliphatic carbocycles. The largest absolute Gasteiger partial charge is 0.322 e. The number of tetrazole rings is 1. The van der Waals surface area contributed by atoms with Gasteiger partial charge in [0.1, 0.15) is 0 Å². The third-order valence-corrected chi connectivity index (χ3v) is 4.44. The Kier molecular flexibility index (Phi) is 3.51. The van der Waals surface area contributed by atoms with Crippen molar-refractivity contribution in [3.05, 3.63) is 53.0 Å². The summed E-state index contributed by atoms with van der Waals surface area (Å²) in [5, 5.41) is 17.6. The van der Waals surface area contributed by atoms with Gasteiger partial charge in [0.25, 0.3) is 5.91 Å².